The summed E-state index contributed by atoms with van der Waals surface area (Å²) in [5.74, 6) is 0. The molecule has 0 saturated heterocycles. The van der Waals surface area contributed by atoms with Crippen LogP contribution < -0.4 is 5.32 Å². The van der Waals surface area contributed by atoms with Crippen molar-refractivity contribution in [3.05, 3.63) is 35.4 Å². The number of likely N-dealkylation sites (N-methyl/N-ethyl adjacent to an activating group) is 1. The van der Waals surface area contributed by atoms with Crippen molar-refractivity contribution < 1.29 is 13.2 Å². The first-order valence-corrected chi connectivity index (χ1v) is 5.71. The van der Waals surface area contributed by atoms with Crippen LogP contribution in [0.3, 0.4) is 0 Å². The van der Waals surface area contributed by atoms with Crippen LogP contribution in [0.1, 0.15) is 24.0 Å². The summed E-state index contributed by atoms with van der Waals surface area (Å²) in [5, 5.41) is 2.95. The van der Waals surface area contributed by atoms with E-state index in [0.717, 1.165) is 11.1 Å². The molecule has 1 aromatic carbocycles. The molecule has 4 heteroatoms. The molecular formula is C13H18F3N. The molecule has 0 radical (unpaired) electrons. The topological polar surface area (TPSA) is 12.0 Å². The van der Waals surface area contributed by atoms with Crippen molar-refractivity contribution >= 4 is 0 Å². The fraction of sp³-hybridized carbons (Fsp3) is 0.538. The smallest absolute Gasteiger partial charge is 0.317 e. The third-order valence-electron chi connectivity index (χ3n) is 2.91. The highest BCUT2D eigenvalue weighted by Crippen LogP contribution is 2.23. The monoisotopic (exact) mass is 245 g/mol. The number of benzene rings is 1. The Hall–Kier alpha value is -1.03. The third kappa shape index (κ3) is 5.22. The normalized spacial score (nSPS) is 13.7. The molecule has 0 bridgehead atoms. The maximum Gasteiger partial charge on any atom is 0.389 e. The van der Waals surface area contributed by atoms with E-state index in [1.165, 1.54) is 0 Å². The Kier molecular flexibility index (Phi) is 5.00. The van der Waals surface area contributed by atoms with E-state index in [1.807, 2.05) is 31.2 Å². The van der Waals surface area contributed by atoms with Gasteiger partial charge in [0.2, 0.25) is 0 Å². The third-order valence-corrected chi connectivity index (χ3v) is 2.91. The Morgan fingerprint density at radius 1 is 1.24 bits per heavy atom. The van der Waals surface area contributed by atoms with E-state index in [-0.39, 0.29) is 12.5 Å². The van der Waals surface area contributed by atoms with Crippen LogP contribution in [0.15, 0.2) is 24.3 Å². The molecule has 0 aliphatic carbocycles. The van der Waals surface area contributed by atoms with E-state index in [0.29, 0.717) is 6.42 Å². The van der Waals surface area contributed by atoms with Crippen LogP contribution in [0.25, 0.3) is 0 Å². The van der Waals surface area contributed by atoms with Gasteiger partial charge in [-0.05, 0) is 37.9 Å². The molecule has 0 spiro atoms. The lowest BCUT2D eigenvalue weighted by atomic mass is 9.98. The van der Waals surface area contributed by atoms with Crippen LogP contribution in [0.5, 0.6) is 0 Å². The first-order valence-electron chi connectivity index (χ1n) is 5.71. The molecule has 0 amide bonds. The minimum Gasteiger partial charge on any atom is -0.317 e. The number of halogens is 3. The highest BCUT2D eigenvalue weighted by molar-refractivity contribution is 5.26. The molecule has 1 rings (SSSR count). The molecule has 1 aromatic rings. The molecule has 0 heterocycles. The van der Waals surface area contributed by atoms with Crippen molar-refractivity contribution in [1.82, 2.24) is 5.32 Å². The highest BCUT2D eigenvalue weighted by atomic mass is 19.4. The maximum absolute atomic E-state index is 12.1. The van der Waals surface area contributed by atoms with Crippen LogP contribution >= 0.6 is 0 Å². The molecule has 0 aliphatic heterocycles. The molecule has 96 valence electrons. The number of hydrogen-bond acceptors (Lipinski definition) is 1. The van der Waals surface area contributed by atoms with Gasteiger partial charge in [-0.25, -0.2) is 0 Å². The van der Waals surface area contributed by atoms with Crippen molar-refractivity contribution in [3.8, 4) is 0 Å². The zero-order valence-electron chi connectivity index (χ0n) is 10.1. The summed E-state index contributed by atoms with van der Waals surface area (Å²) in [6.07, 6.45) is -4.04. The van der Waals surface area contributed by atoms with Gasteiger partial charge in [0.15, 0.2) is 0 Å². The van der Waals surface area contributed by atoms with Crippen molar-refractivity contribution in [3.63, 3.8) is 0 Å². The maximum atomic E-state index is 12.1. The van der Waals surface area contributed by atoms with Crippen LogP contribution in [0.4, 0.5) is 13.2 Å². The van der Waals surface area contributed by atoms with E-state index < -0.39 is 12.6 Å². The van der Waals surface area contributed by atoms with Crippen molar-refractivity contribution in [2.75, 3.05) is 7.05 Å². The first-order chi connectivity index (χ1) is 7.92. The van der Waals surface area contributed by atoms with Crippen LogP contribution in [-0.4, -0.2) is 19.3 Å². The molecule has 1 nitrogen and oxygen atoms in total. The second-order valence-electron chi connectivity index (χ2n) is 4.27. The van der Waals surface area contributed by atoms with Crippen LogP contribution in [0, 0.1) is 6.92 Å². The Morgan fingerprint density at radius 2 is 1.88 bits per heavy atom. The SMILES string of the molecule is CNC(CCC(F)(F)F)Cc1ccccc1C. The lowest BCUT2D eigenvalue weighted by Crippen LogP contribution is -2.29. The van der Waals surface area contributed by atoms with E-state index in [2.05, 4.69) is 5.32 Å². The predicted octanol–water partition coefficient (Wildman–Crippen LogP) is 3.47. The average Bonchev–Trinajstić information content (AvgIpc) is 2.25. The van der Waals surface area contributed by atoms with Gasteiger partial charge in [0, 0.05) is 12.5 Å². The van der Waals surface area contributed by atoms with Gasteiger partial charge in [0.05, 0.1) is 0 Å². The van der Waals surface area contributed by atoms with Gasteiger partial charge in [-0.3, -0.25) is 0 Å². The summed E-state index contributed by atoms with van der Waals surface area (Å²) in [6.45, 7) is 1.98. The fourth-order valence-corrected chi connectivity index (χ4v) is 1.79. The van der Waals surface area contributed by atoms with E-state index in [9.17, 15) is 13.2 Å². The fourth-order valence-electron chi connectivity index (χ4n) is 1.79. The van der Waals surface area contributed by atoms with Gasteiger partial charge in [-0.1, -0.05) is 24.3 Å². The number of hydrogen-bond donors (Lipinski definition) is 1. The average molecular weight is 245 g/mol. The van der Waals surface area contributed by atoms with Gasteiger partial charge in [0.1, 0.15) is 0 Å². The van der Waals surface area contributed by atoms with Crippen molar-refractivity contribution in [1.29, 1.82) is 0 Å². The summed E-state index contributed by atoms with van der Waals surface area (Å²) < 4.78 is 36.4. The molecule has 0 aliphatic rings. The van der Waals surface area contributed by atoms with Crippen molar-refractivity contribution in [2.45, 2.75) is 38.4 Å². The summed E-state index contributed by atoms with van der Waals surface area (Å²) in [4.78, 5) is 0. The second-order valence-corrected chi connectivity index (χ2v) is 4.27. The number of alkyl halides is 3. The molecule has 1 unspecified atom stereocenters. The van der Waals surface area contributed by atoms with E-state index in [1.54, 1.807) is 7.05 Å². The second kappa shape index (κ2) is 6.05. The zero-order chi connectivity index (χ0) is 12.9. The van der Waals surface area contributed by atoms with Gasteiger partial charge >= 0.3 is 6.18 Å². The Labute approximate surface area is 100 Å². The number of aryl methyl sites for hydroxylation is 1. The minimum absolute atomic E-state index is 0.119. The summed E-state index contributed by atoms with van der Waals surface area (Å²) in [6, 6.07) is 7.67. The molecule has 0 saturated carbocycles. The lowest BCUT2D eigenvalue weighted by molar-refractivity contribution is -0.136. The molecule has 1 N–H and O–H groups in total. The van der Waals surface area contributed by atoms with Crippen LogP contribution in [0.2, 0.25) is 0 Å². The number of nitrogens with one attached hydrogen (secondary N) is 1. The van der Waals surface area contributed by atoms with Crippen molar-refractivity contribution in [2.24, 2.45) is 0 Å². The Morgan fingerprint density at radius 3 is 2.41 bits per heavy atom. The zero-order valence-corrected chi connectivity index (χ0v) is 10.1. The van der Waals surface area contributed by atoms with Gasteiger partial charge < -0.3 is 5.32 Å². The lowest BCUT2D eigenvalue weighted by Gasteiger charge is -2.18. The minimum atomic E-state index is -4.07. The molecule has 1 atom stereocenters. The quantitative estimate of drug-likeness (QED) is 0.837. The molecule has 0 fully saturated rings. The Balaban J connectivity index is 2.56. The van der Waals surface area contributed by atoms with E-state index >= 15 is 0 Å². The number of rotatable bonds is 5. The molecular weight excluding hydrogens is 227 g/mol. The summed E-state index contributed by atoms with van der Waals surface area (Å²) in [7, 11) is 1.71. The standard InChI is InChI=1S/C13H18F3N/c1-10-5-3-4-6-11(10)9-12(17-2)7-8-13(14,15)16/h3-6,12,17H,7-9H2,1-2H3. The highest BCUT2D eigenvalue weighted by Gasteiger charge is 2.28. The van der Waals surface area contributed by atoms with Gasteiger partial charge in [0.25, 0.3) is 0 Å². The predicted molar refractivity (Wildman–Crippen MR) is 63.0 cm³/mol. The first kappa shape index (κ1) is 14.0. The Bertz CT molecular complexity index is 347. The summed E-state index contributed by atoms with van der Waals surface area (Å²) in [5.41, 5.74) is 2.23. The van der Waals surface area contributed by atoms with Gasteiger partial charge in [-0.15, -0.1) is 0 Å². The molecule has 0 aromatic heterocycles. The van der Waals surface area contributed by atoms with Gasteiger partial charge in [-0.2, -0.15) is 13.2 Å². The largest absolute Gasteiger partial charge is 0.389 e. The molecule has 17 heavy (non-hydrogen) atoms. The summed E-state index contributed by atoms with van der Waals surface area (Å²) >= 11 is 0. The van der Waals surface area contributed by atoms with E-state index in [4.69, 9.17) is 0 Å². The van der Waals surface area contributed by atoms with Crippen LogP contribution in [-0.2, 0) is 6.42 Å².